The van der Waals surface area contributed by atoms with Gasteiger partial charge in [0, 0.05) is 11.9 Å². The zero-order valence-electron chi connectivity index (χ0n) is 10.0. The molecule has 2 rings (SSSR count). The van der Waals surface area contributed by atoms with E-state index in [0.717, 1.165) is 17.2 Å². The van der Waals surface area contributed by atoms with Gasteiger partial charge in [0.15, 0.2) is 11.2 Å². The van der Waals surface area contributed by atoms with Crippen molar-refractivity contribution in [2.24, 2.45) is 0 Å². The molecule has 1 saturated heterocycles. The van der Waals surface area contributed by atoms with E-state index in [2.05, 4.69) is 11.9 Å². The lowest BCUT2D eigenvalue weighted by atomic mass is 10.2. The van der Waals surface area contributed by atoms with Crippen LogP contribution in [0.2, 0.25) is 0 Å². The van der Waals surface area contributed by atoms with Crippen molar-refractivity contribution >= 4 is 22.4 Å². The van der Waals surface area contributed by atoms with Gasteiger partial charge >= 0.3 is 5.97 Å². The number of morpholine rings is 1. The van der Waals surface area contributed by atoms with Gasteiger partial charge < -0.3 is 14.4 Å². The highest BCUT2D eigenvalue weighted by molar-refractivity contribution is 7.13. The monoisotopic (exact) mass is 256 g/mol. The molecule has 1 aromatic heterocycles. The van der Waals surface area contributed by atoms with Crippen molar-refractivity contribution in [2.75, 3.05) is 31.8 Å². The number of rotatable bonds is 3. The predicted molar refractivity (Wildman–Crippen MR) is 65.5 cm³/mol. The number of nitrogens with zero attached hydrogens (tertiary/aromatic N) is 2. The fraction of sp³-hybridized carbons (Fsp3) is 0.636. The normalized spacial score (nSPS) is 20.4. The van der Waals surface area contributed by atoms with Crippen LogP contribution in [-0.2, 0) is 20.7 Å². The number of methoxy groups -OCH3 is 1. The molecule has 6 heteroatoms. The van der Waals surface area contributed by atoms with Gasteiger partial charge in [-0.2, -0.15) is 0 Å². The molecule has 0 bridgehead atoms. The maximum absolute atomic E-state index is 11.7. The van der Waals surface area contributed by atoms with Gasteiger partial charge in [-0.25, -0.2) is 9.78 Å². The van der Waals surface area contributed by atoms with Crippen LogP contribution in [0.15, 0.2) is 5.38 Å². The van der Waals surface area contributed by atoms with E-state index in [-0.39, 0.29) is 12.0 Å². The Kier molecular flexibility index (Phi) is 3.96. The second kappa shape index (κ2) is 5.46. The fourth-order valence-corrected chi connectivity index (χ4v) is 2.74. The lowest BCUT2D eigenvalue weighted by Gasteiger charge is -2.33. The van der Waals surface area contributed by atoms with Crippen molar-refractivity contribution in [1.82, 2.24) is 4.98 Å². The van der Waals surface area contributed by atoms with Crippen molar-refractivity contribution in [3.8, 4) is 0 Å². The molecule has 1 unspecified atom stereocenters. The van der Waals surface area contributed by atoms with Crippen LogP contribution in [0.3, 0.4) is 0 Å². The number of thiazole rings is 1. The summed E-state index contributed by atoms with van der Waals surface area (Å²) in [5, 5.41) is 2.90. The van der Waals surface area contributed by atoms with E-state index in [1.54, 1.807) is 11.3 Å². The Bertz CT molecular complexity index is 394. The molecule has 2 heterocycles. The van der Waals surface area contributed by atoms with E-state index in [9.17, 15) is 4.79 Å². The summed E-state index contributed by atoms with van der Waals surface area (Å²) in [5.74, 6) is -0.266. The minimum absolute atomic E-state index is 0.266. The van der Waals surface area contributed by atoms with E-state index in [0.29, 0.717) is 19.8 Å². The molecule has 1 aliphatic heterocycles. The maximum Gasteiger partial charge on any atom is 0.330 e. The van der Waals surface area contributed by atoms with Gasteiger partial charge in [-0.3, -0.25) is 0 Å². The van der Waals surface area contributed by atoms with E-state index in [1.165, 1.54) is 7.11 Å². The predicted octanol–water partition coefficient (Wildman–Crippen LogP) is 1.08. The topological polar surface area (TPSA) is 51.7 Å². The minimum Gasteiger partial charge on any atom is -0.467 e. The van der Waals surface area contributed by atoms with E-state index in [1.807, 2.05) is 10.3 Å². The molecule has 1 atom stereocenters. The lowest BCUT2D eigenvalue weighted by Crippen LogP contribution is -2.50. The summed E-state index contributed by atoms with van der Waals surface area (Å²) in [6.45, 7) is 3.73. The molecule has 5 nitrogen and oxygen atoms in total. The first-order chi connectivity index (χ1) is 8.26. The molecule has 0 aliphatic carbocycles. The first-order valence-electron chi connectivity index (χ1n) is 5.63. The van der Waals surface area contributed by atoms with Crippen molar-refractivity contribution < 1.29 is 14.3 Å². The number of carbonyl (C=O) groups excluding carboxylic acids is 1. The van der Waals surface area contributed by atoms with Crippen LogP contribution in [0.25, 0.3) is 0 Å². The third-order valence-corrected chi connectivity index (χ3v) is 3.68. The van der Waals surface area contributed by atoms with Crippen molar-refractivity contribution in [2.45, 2.75) is 19.4 Å². The molecule has 0 radical (unpaired) electrons. The molecule has 1 aromatic rings. The number of carbonyl (C=O) groups is 1. The van der Waals surface area contributed by atoms with Crippen LogP contribution in [0, 0.1) is 0 Å². The number of hydrogen-bond acceptors (Lipinski definition) is 6. The molecule has 0 aromatic carbocycles. The summed E-state index contributed by atoms with van der Waals surface area (Å²) >= 11 is 1.56. The van der Waals surface area contributed by atoms with Crippen molar-refractivity contribution in [1.29, 1.82) is 0 Å². The average molecular weight is 256 g/mol. The zero-order valence-corrected chi connectivity index (χ0v) is 10.8. The Hall–Kier alpha value is -1.14. The first kappa shape index (κ1) is 12.3. The highest BCUT2D eigenvalue weighted by Crippen LogP contribution is 2.24. The number of hydrogen-bond donors (Lipinski definition) is 0. The largest absolute Gasteiger partial charge is 0.467 e. The highest BCUT2D eigenvalue weighted by atomic mass is 32.1. The van der Waals surface area contributed by atoms with Gasteiger partial charge in [0.05, 0.1) is 26.0 Å². The molecule has 94 valence electrons. The van der Waals surface area contributed by atoms with E-state index < -0.39 is 0 Å². The summed E-state index contributed by atoms with van der Waals surface area (Å²) in [5.41, 5.74) is 1.06. The molecular weight excluding hydrogens is 240 g/mol. The van der Waals surface area contributed by atoms with Crippen molar-refractivity contribution in [3.05, 3.63) is 11.1 Å². The van der Waals surface area contributed by atoms with Crippen LogP contribution in [0.4, 0.5) is 5.13 Å². The van der Waals surface area contributed by atoms with Gasteiger partial charge in [-0.15, -0.1) is 11.3 Å². The molecule has 0 amide bonds. The van der Waals surface area contributed by atoms with Crippen LogP contribution in [0.1, 0.15) is 12.6 Å². The smallest absolute Gasteiger partial charge is 0.330 e. The molecule has 0 spiro atoms. The number of aromatic nitrogens is 1. The average Bonchev–Trinajstić information content (AvgIpc) is 2.86. The Morgan fingerprint density at radius 2 is 2.59 bits per heavy atom. The summed E-state index contributed by atoms with van der Waals surface area (Å²) in [4.78, 5) is 18.1. The minimum atomic E-state index is -0.371. The van der Waals surface area contributed by atoms with Crippen LogP contribution >= 0.6 is 11.3 Å². The van der Waals surface area contributed by atoms with Gasteiger partial charge in [0.1, 0.15) is 0 Å². The second-order valence-electron chi connectivity index (χ2n) is 3.78. The van der Waals surface area contributed by atoms with E-state index in [4.69, 9.17) is 9.47 Å². The fourth-order valence-electron chi connectivity index (χ4n) is 1.75. The number of esters is 1. The van der Waals surface area contributed by atoms with Gasteiger partial charge in [-0.1, -0.05) is 6.92 Å². The molecular formula is C11H16N2O3S. The number of aryl methyl sites for hydroxylation is 1. The van der Waals surface area contributed by atoms with Crippen molar-refractivity contribution in [3.63, 3.8) is 0 Å². The Balaban J connectivity index is 2.18. The summed E-state index contributed by atoms with van der Waals surface area (Å²) in [6.07, 6.45) is 0.906. The zero-order chi connectivity index (χ0) is 12.3. The third-order valence-electron chi connectivity index (χ3n) is 2.75. The lowest BCUT2D eigenvalue weighted by molar-refractivity contribution is -0.144. The first-order valence-corrected chi connectivity index (χ1v) is 6.50. The quantitative estimate of drug-likeness (QED) is 0.758. The molecule has 0 saturated carbocycles. The van der Waals surface area contributed by atoms with Gasteiger partial charge in [0.25, 0.3) is 0 Å². The van der Waals surface area contributed by atoms with Gasteiger partial charge in [0.2, 0.25) is 0 Å². The van der Waals surface area contributed by atoms with Crippen LogP contribution < -0.4 is 4.90 Å². The maximum atomic E-state index is 11.7. The third kappa shape index (κ3) is 2.58. The molecule has 0 N–H and O–H groups in total. The summed E-state index contributed by atoms with van der Waals surface area (Å²) in [6, 6.07) is -0.371. The summed E-state index contributed by atoms with van der Waals surface area (Å²) < 4.78 is 10.1. The Morgan fingerprint density at radius 3 is 3.24 bits per heavy atom. The molecule has 1 aliphatic rings. The van der Waals surface area contributed by atoms with Crippen LogP contribution in [-0.4, -0.2) is 43.9 Å². The van der Waals surface area contributed by atoms with Gasteiger partial charge in [-0.05, 0) is 6.42 Å². The Labute approximate surface area is 104 Å². The standard InChI is InChI=1S/C11H16N2O3S/c1-3-8-7-17-11(12-8)13-4-5-16-6-9(13)10(14)15-2/h7,9H,3-6H2,1-2H3. The highest BCUT2D eigenvalue weighted by Gasteiger charge is 2.31. The van der Waals surface area contributed by atoms with E-state index >= 15 is 0 Å². The second-order valence-corrected chi connectivity index (χ2v) is 4.62. The Morgan fingerprint density at radius 1 is 1.76 bits per heavy atom. The van der Waals surface area contributed by atoms with Crippen LogP contribution in [0.5, 0.6) is 0 Å². The summed E-state index contributed by atoms with van der Waals surface area (Å²) in [7, 11) is 1.40. The number of ether oxygens (including phenoxy) is 2. The number of anilines is 1. The molecule has 17 heavy (non-hydrogen) atoms. The SMILES string of the molecule is CCc1csc(N2CCOCC2C(=O)OC)n1. The molecule has 1 fully saturated rings.